The Balaban J connectivity index is 1.72. The number of nitrogens with zero attached hydrogens (tertiary/aromatic N) is 2. The van der Waals surface area contributed by atoms with Crippen LogP contribution in [0.1, 0.15) is 19.5 Å². The second kappa shape index (κ2) is 5.15. The summed E-state index contributed by atoms with van der Waals surface area (Å²) in [6.07, 6.45) is 1.36. The van der Waals surface area contributed by atoms with E-state index in [-0.39, 0.29) is 11.3 Å². The van der Waals surface area contributed by atoms with E-state index in [1.165, 1.54) is 12.3 Å². The van der Waals surface area contributed by atoms with Gasteiger partial charge in [0.1, 0.15) is 11.2 Å². The number of furan rings is 1. The Kier molecular flexibility index (Phi) is 1.92. The van der Waals surface area contributed by atoms with Crippen molar-refractivity contribution in [3.8, 4) is 11.3 Å². The van der Waals surface area contributed by atoms with Gasteiger partial charge in [0.15, 0.2) is 0 Å². The first kappa shape index (κ1) is 9.33. The Morgan fingerprint density at radius 1 is 0.840 bits per heavy atom. The Morgan fingerprint density at radius 3 is 2.60 bits per heavy atom. The van der Waals surface area contributed by atoms with Crippen LogP contribution in [0.3, 0.4) is 0 Å². The van der Waals surface area contributed by atoms with Gasteiger partial charge in [0.25, 0.3) is 0 Å². The zero-order valence-corrected chi connectivity index (χ0v) is 13.1. The van der Waals surface area contributed by atoms with Crippen LogP contribution in [0.25, 0.3) is 44.1 Å². The lowest BCUT2D eigenvalue weighted by atomic mass is 10.0. The van der Waals surface area contributed by atoms with E-state index < -0.39 is 13.7 Å². The van der Waals surface area contributed by atoms with Crippen LogP contribution in [-0.4, -0.2) is 9.97 Å². The molecule has 0 N–H and O–H groups in total. The van der Waals surface area contributed by atoms with Crippen LogP contribution in [-0.2, 0) is 0 Å². The molecule has 2 aromatic carbocycles. The fourth-order valence-corrected chi connectivity index (χ4v) is 3.22. The van der Waals surface area contributed by atoms with Gasteiger partial charge in [0, 0.05) is 41.8 Å². The average Bonchev–Trinajstić information content (AvgIpc) is 3.11. The second-order valence-corrected chi connectivity index (χ2v) is 5.92. The van der Waals surface area contributed by atoms with Crippen molar-refractivity contribution in [2.75, 3.05) is 0 Å². The minimum atomic E-state index is -2.28. The number of aryl methyl sites for hydroxylation is 2. The Hall–Kier alpha value is -3.20. The molecule has 3 aromatic heterocycles. The highest BCUT2D eigenvalue weighted by atomic mass is 16.3. The third-order valence-electron chi connectivity index (χ3n) is 4.37. The van der Waals surface area contributed by atoms with Crippen molar-refractivity contribution < 1.29 is 12.6 Å². The van der Waals surface area contributed by atoms with Gasteiger partial charge in [-0.2, -0.15) is 0 Å². The molecule has 25 heavy (non-hydrogen) atoms. The van der Waals surface area contributed by atoms with Crippen LogP contribution in [0.2, 0.25) is 0 Å². The van der Waals surface area contributed by atoms with Gasteiger partial charge >= 0.3 is 0 Å². The van der Waals surface area contributed by atoms with Gasteiger partial charge in [-0.25, -0.2) is 0 Å². The summed E-state index contributed by atoms with van der Waals surface area (Å²) < 4.78 is 51.5. The van der Waals surface area contributed by atoms with Crippen molar-refractivity contribution in [1.29, 1.82) is 0 Å². The number of hydrogen-bond acceptors (Lipinski definition) is 3. The van der Waals surface area contributed by atoms with E-state index in [1.807, 2.05) is 24.3 Å². The molecule has 0 amide bonds. The summed E-state index contributed by atoms with van der Waals surface area (Å²) in [5.74, 6) is 0. The van der Waals surface area contributed by atoms with Crippen molar-refractivity contribution in [1.82, 2.24) is 9.97 Å². The summed E-state index contributed by atoms with van der Waals surface area (Å²) in [6.45, 7) is -4.49. The van der Waals surface area contributed by atoms with E-state index in [4.69, 9.17) is 12.6 Å². The van der Waals surface area contributed by atoms with E-state index in [2.05, 4.69) is 9.97 Å². The van der Waals surface area contributed by atoms with Gasteiger partial charge < -0.3 is 4.42 Å². The number of para-hydroxylation sites is 1. The van der Waals surface area contributed by atoms with Crippen molar-refractivity contribution in [2.24, 2.45) is 0 Å². The molecule has 0 spiro atoms. The molecule has 0 saturated carbocycles. The number of aromatic nitrogens is 2. The van der Waals surface area contributed by atoms with Crippen LogP contribution in [0, 0.1) is 13.7 Å². The molecule has 3 heteroatoms. The Bertz CT molecular complexity index is 1450. The second-order valence-electron chi connectivity index (χ2n) is 5.92. The lowest BCUT2D eigenvalue weighted by molar-refractivity contribution is 0.673. The lowest BCUT2D eigenvalue weighted by Gasteiger charge is -2.02. The maximum Gasteiger partial charge on any atom is 0.144 e. The third kappa shape index (κ3) is 2.13. The molecule has 3 nitrogen and oxygen atoms in total. The maximum absolute atomic E-state index is 7.58. The molecule has 0 aliphatic carbocycles. The van der Waals surface area contributed by atoms with Crippen LogP contribution >= 0.6 is 0 Å². The molecule has 0 fully saturated rings. The fourth-order valence-electron chi connectivity index (χ4n) is 3.22. The summed E-state index contributed by atoms with van der Waals surface area (Å²) in [7, 11) is 0. The number of pyridine rings is 2. The zero-order chi connectivity index (χ0) is 22.0. The first-order valence-electron chi connectivity index (χ1n) is 10.9. The zero-order valence-electron chi connectivity index (χ0n) is 19.1. The molecular weight excluding hydrogens is 308 g/mol. The van der Waals surface area contributed by atoms with E-state index >= 15 is 0 Å². The molecule has 0 aliphatic heterocycles. The Labute approximate surface area is 153 Å². The first-order valence-corrected chi connectivity index (χ1v) is 7.85. The van der Waals surface area contributed by atoms with Gasteiger partial charge in [-0.3, -0.25) is 9.97 Å². The number of fused-ring (bicyclic) bond motifs is 5. The third-order valence-corrected chi connectivity index (χ3v) is 4.37. The van der Waals surface area contributed by atoms with Crippen molar-refractivity contribution >= 4 is 32.8 Å². The molecule has 0 radical (unpaired) electrons. The first-order chi connectivity index (χ1) is 14.6. The number of rotatable bonds is 1. The number of hydrogen-bond donors (Lipinski definition) is 0. The molecular formula is C22H16N2O. The molecule has 0 bridgehead atoms. The van der Waals surface area contributed by atoms with Gasteiger partial charge in [-0.1, -0.05) is 18.2 Å². The quantitative estimate of drug-likeness (QED) is 0.389. The highest BCUT2D eigenvalue weighted by Gasteiger charge is 2.15. The van der Waals surface area contributed by atoms with Crippen molar-refractivity contribution in [3.05, 3.63) is 72.1 Å². The van der Waals surface area contributed by atoms with Gasteiger partial charge in [-0.05, 0) is 55.7 Å². The van der Waals surface area contributed by atoms with Crippen molar-refractivity contribution in [3.63, 3.8) is 0 Å². The average molecular weight is 330 g/mol. The standard InChI is InChI=1S/C22H16N2O/c1-13-6-10-19(23-12-13)17-5-3-4-15-16-9-11-20-18(8-7-14(2)24-20)22(16)25-21(15)17/h3-12H,1-2H3/i1D3,2D3. The summed E-state index contributed by atoms with van der Waals surface area (Å²) in [5.41, 5.74) is 3.34. The summed E-state index contributed by atoms with van der Waals surface area (Å²) in [4.78, 5) is 8.63. The minimum Gasteiger partial charge on any atom is -0.455 e. The fraction of sp³-hybridized carbons (Fsp3) is 0.0909. The molecule has 0 unspecified atom stereocenters. The summed E-state index contributed by atoms with van der Waals surface area (Å²) in [5, 5.41) is 2.49. The largest absolute Gasteiger partial charge is 0.455 e. The molecule has 5 aromatic rings. The monoisotopic (exact) mass is 330 g/mol. The van der Waals surface area contributed by atoms with E-state index in [9.17, 15) is 0 Å². The summed E-state index contributed by atoms with van der Waals surface area (Å²) in [6, 6.07) is 15.8. The van der Waals surface area contributed by atoms with Gasteiger partial charge in [0.05, 0.1) is 11.2 Å². The van der Waals surface area contributed by atoms with Gasteiger partial charge in [-0.15, -0.1) is 0 Å². The topological polar surface area (TPSA) is 38.9 Å². The molecule has 0 aliphatic rings. The lowest BCUT2D eigenvalue weighted by Crippen LogP contribution is -1.84. The van der Waals surface area contributed by atoms with E-state index in [0.29, 0.717) is 22.4 Å². The van der Waals surface area contributed by atoms with Crippen LogP contribution in [0.15, 0.2) is 65.2 Å². The summed E-state index contributed by atoms with van der Waals surface area (Å²) >= 11 is 0. The molecule has 120 valence electrons. The van der Waals surface area contributed by atoms with E-state index in [1.54, 1.807) is 24.3 Å². The number of benzene rings is 2. The predicted octanol–water partition coefficient (Wildman–Crippen LogP) is 5.81. The van der Waals surface area contributed by atoms with Crippen LogP contribution in [0.5, 0.6) is 0 Å². The van der Waals surface area contributed by atoms with Gasteiger partial charge in [0.2, 0.25) is 0 Å². The minimum absolute atomic E-state index is 0.0368. The molecule has 0 atom stereocenters. The molecule has 5 rings (SSSR count). The van der Waals surface area contributed by atoms with Crippen LogP contribution < -0.4 is 0 Å². The van der Waals surface area contributed by atoms with E-state index in [0.717, 1.165) is 21.7 Å². The smallest absolute Gasteiger partial charge is 0.144 e. The maximum atomic E-state index is 7.58. The molecule has 0 saturated heterocycles. The molecule has 3 heterocycles. The highest BCUT2D eigenvalue weighted by Crippen LogP contribution is 2.37. The SMILES string of the molecule is [2H]C([2H])([2H])c1ccc(-c2cccc3c2oc2c4ccc(C([2H])([2H])[2H])nc4ccc32)nc1. The normalized spacial score (nSPS) is 16.2. The highest BCUT2D eigenvalue weighted by molar-refractivity contribution is 6.16. The Morgan fingerprint density at radius 2 is 1.76 bits per heavy atom. The predicted molar refractivity (Wildman–Crippen MR) is 102 cm³/mol. The van der Waals surface area contributed by atoms with Crippen molar-refractivity contribution in [2.45, 2.75) is 13.7 Å². The van der Waals surface area contributed by atoms with Crippen LogP contribution in [0.4, 0.5) is 0 Å².